The number of aryl methyl sites for hydroxylation is 1. The molecule has 0 spiro atoms. The molecule has 2 N–H and O–H groups in total. The topological polar surface area (TPSA) is 138 Å². The van der Waals surface area contributed by atoms with Crippen LogP contribution in [0.3, 0.4) is 0 Å². The van der Waals surface area contributed by atoms with E-state index in [0.29, 0.717) is 82.3 Å². The minimum atomic E-state index is -0.803. The van der Waals surface area contributed by atoms with E-state index in [0.717, 1.165) is 30.0 Å². The third-order valence-electron chi connectivity index (χ3n) is 13.0. The van der Waals surface area contributed by atoms with Crippen LogP contribution in [0, 0.1) is 24.4 Å². The van der Waals surface area contributed by atoms with E-state index in [-0.39, 0.29) is 36.3 Å². The number of likely N-dealkylation sites (N-methyl/N-ethyl adjacent to an activating group) is 2. The molecule has 5 aliphatic heterocycles. The Kier molecular flexibility index (Phi) is 9.03. The van der Waals surface area contributed by atoms with Crippen molar-refractivity contribution in [1.82, 2.24) is 49.6 Å². The average Bonchev–Trinajstić information content (AvgIpc) is 4.07. The van der Waals surface area contributed by atoms with Gasteiger partial charge in [-0.15, -0.1) is 0 Å². The van der Waals surface area contributed by atoms with Gasteiger partial charge in [-0.25, -0.2) is 32.8 Å². The number of halogens is 3. The summed E-state index contributed by atoms with van der Waals surface area (Å²) in [6.45, 7) is 3.44. The molecule has 0 aliphatic carbocycles. The molecule has 5 aliphatic rings. The second-order valence-electron chi connectivity index (χ2n) is 16.8. The Morgan fingerprint density at radius 3 is 2.58 bits per heavy atom. The third kappa shape index (κ3) is 6.11. The number of benzene rings is 2. The molecule has 6 bridgehead atoms. The zero-order chi connectivity index (χ0) is 42.7. The van der Waals surface area contributed by atoms with Gasteiger partial charge in [-0.1, -0.05) is 18.3 Å². The van der Waals surface area contributed by atoms with E-state index < -0.39 is 29.6 Å². The Morgan fingerprint density at radius 1 is 0.919 bits per heavy atom. The van der Waals surface area contributed by atoms with Crippen molar-refractivity contribution >= 4 is 62.8 Å². The second kappa shape index (κ2) is 14.5. The number of fused-ring (bicyclic) bond motifs is 10. The van der Waals surface area contributed by atoms with Gasteiger partial charge in [-0.05, 0) is 62.1 Å². The number of amides is 1. The Balaban J connectivity index is 1.05. The van der Waals surface area contributed by atoms with E-state index in [9.17, 15) is 9.18 Å². The van der Waals surface area contributed by atoms with Crippen molar-refractivity contribution in [3.8, 4) is 16.9 Å². The smallest absolute Gasteiger partial charge is 0.245 e. The lowest BCUT2D eigenvalue weighted by atomic mass is 9.90. The number of aromatic nitrogens is 7. The summed E-state index contributed by atoms with van der Waals surface area (Å²) in [5.74, 6) is -0.0494. The highest BCUT2D eigenvalue weighted by Gasteiger charge is 2.50. The molecule has 19 heteroatoms. The molecular formula is C43H42F3N13O2S. The Morgan fingerprint density at radius 2 is 1.76 bits per heavy atom. The van der Waals surface area contributed by atoms with Crippen molar-refractivity contribution < 1.29 is 22.7 Å². The number of pyridine rings is 1. The highest BCUT2D eigenvalue weighted by molar-refractivity contribution is 7.80. The first-order chi connectivity index (χ1) is 29.9. The summed E-state index contributed by atoms with van der Waals surface area (Å²) >= 11 is 5.86. The number of methoxy groups -OCH3 is 1. The van der Waals surface area contributed by atoms with E-state index in [1.807, 2.05) is 46.6 Å². The number of rotatable bonds is 4. The van der Waals surface area contributed by atoms with Gasteiger partial charge < -0.3 is 34.7 Å². The number of nitrogens with one attached hydrogen (secondary N) is 2. The number of nitrogens with zero attached hydrogens (tertiary/aromatic N) is 11. The van der Waals surface area contributed by atoms with E-state index in [2.05, 4.69) is 20.7 Å². The number of ether oxygens (including phenoxy) is 1. The Labute approximate surface area is 359 Å². The summed E-state index contributed by atoms with van der Waals surface area (Å²) in [6.07, 6.45) is 3.20. The molecule has 0 radical (unpaired) electrons. The maximum atomic E-state index is 15.6. The van der Waals surface area contributed by atoms with Gasteiger partial charge in [0.15, 0.2) is 11.5 Å². The van der Waals surface area contributed by atoms with Crippen molar-refractivity contribution in [3.05, 3.63) is 89.2 Å². The van der Waals surface area contributed by atoms with Gasteiger partial charge >= 0.3 is 0 Å². The first kappa shape index (κ1) is 38.7. The molecule has 2 saturated heterocycles. The zero-order valence-electron chi connectivity index (χ0n) is 34.3. The number of anilines is 3. The lowest BCUT2D eigenvalue weighted by Crippen LogP contribution is -2.47. The molecule has 9 heterocycles. The monoisotopic (exact) mass is 861 g/mol. The van der Waals surface area contributed by atoms with E-state index in [1.165, 1.54) is 34.5 Å². The normalized spacial score (nSPS) is 23.9. The summed E-state index contributed by atoms with van der Waals surface area (Å²) in [6, 6.07) is 10.6. The van der Waals surface area contributed by atoms with Crippen LogP contribution in [0.2, 0.25) is 0 Å². The van der Waals surface area contributed by atoms with Crippen molar-refractivity contribution in [2.75, 3.05) is 56.0 Å². The van der Waals surface area contributed by atoms with Gasteiger partial charge in [0.2, 0.25) is 11.9 Å². The van der Waals surface area contributed by atoms with E-state index >= 15 is 8.78 Å². The fraction of sp³-hybridized carbons (Fsp3) is 0.372. The predicted molar refractivity (Wildman–Crippen MR) is 231 cm³/mol. The van der Waals surface area contributed by atoms with Crippen LogP contribution in [-0.4, -0.2) is 126 Å². The number of thiocarbonyl (C=S) groups is 1. The molecule has 1 amide bonds. The van der Waals surface area contributed by atoms with Crippen LogP contribution in [0.5, 0.6) is 0 Å². The van der Waals surface area contributed by atoms with E-state index in [1.54, 1.807) is 25.3 Å². The quantitative estimate of drug-likeness (QED) is 0.232. The number of hydrogen-bond acceptors (Lipinski definition) is 12. The first-order valence-electron chi connectivity index (χ1n) is 20.6. The van der Waals surface area contributed by atoms with Crippen LogP contribution in [-0.2, 0) is 16.1 Å². The number of carbonyl (C=O) groups is 1. The van der Waals surface area contributed by atoms with Gasteiger partial charge in [0, 0.05) is 70.2 Å². The van der Waals surface area contributed by atoms with Gasteiger partial charge in [0.25, 0.3) is 0 Å². The summed E-state index contributed by atoms with van der Waals surface area (Å²) in [7, 11) is 5.33. The summed E-state index contributed by atoms with van der Waals surface area (Å²) in [5.41, 5.74) is 8.27. The minimum absolute atomic E-state index is 0.0176. The molecule has 11 rings (SSSR count). The highest BCUT2D eigenvalue weighted by Crippen LogP contribution is 2.47. The zero-order valence-corrected chi connectivity index (χ0v) is 35.1. The summed E-state index contributed by atoms with van der Waals surface area (Å²) < 4.78 is 54.4. The Bertz CT molecular complexity index is 2900. The van der Waals surface area contributed by atoms with E-state index in [4.69, 9.17) is 36.9 Å². The minimum Gasteiger partial charge on any atom is -0.378 e. The third-order valence-corrected chi connectivity index (χ3v) is 13.3. The molecule has 4 aromatic heterocycles. The molecule has 318 valence electrons. The highest BCUT2D eigenvalue weighted by atomic mass is 32.1. The summed E-state index contributed by atoms with van der Waals surface area (Å²) in [5, 5.41) is 10.7. The molecule has 2 aromatic carbocycles. The maximum absolute atomic E-state index is 15.6. The molecule has 15 nitrogen and oxygen atoms in total. The van der Waals surface area contributed by atoms with Gasteiger partial charge in [0.05, 0.1) is 53.0 Å². The molecule has 1 unspecified atom stereocenters. The number of carbonyl (C=O) groups excluding carboxylic acids is 1. The number of hydrazine groups is 1. The SMILES string of the molecule is CO[C@H]1CN(C)C(=O)[C@@H]2CC(CN2c2nc(N3[C@@H]4CC[C@H]3C3=C4CN(C)NC3=S)nc3c2cnn3-c2ccc(F)cc2F)Nc2cccc(n2)-c2cc(F)cc3nc(C)n(c23)C1. The molecule has 0 saturated carbocycles. The number of hydrogen-bond donors (Lipinski definition) is 2. The van der Waals surface area contributed by atoms with Crippen LogP contribution in [0.1, 0.15) is 25.1 Å². The lowest BCUT2D eigenvalue weighted by molar-refractivity contribution is -0.132. The van der Waals surface area contributed by atoms with Gasteiger partial charge in [-0.2, -0.15) is 15.1 Å². The average molecular weight is 862 g/mol. The molecular weight excluding hydrogens is 820 g/mol. The molecule has 6 aromatic rings. The van der Waals surface area contributed by atoms with Crippen LogP contribution in [0.15, 0.2) is 65.9 Å². The van der Waals surface area contributed by atoms with Gasteiger partial charge in [0.1, 0.15) is 45.8 Å². The largest absolute Gasteiger partial charge is 0.378 e. The van der Waals surface area contributed by atoms with Gasteiger partial charge in [-0.3, -0.25) is 4.79 Å². The maximum Gasteiger partial charge on any atom is 0.245 e. The van der Waals surface area contributed by atoms with Crippen LogP contribution in [0.25, 0.3) is 39.0 Å². The summed E-state index contributed by atoms with van der Waals surface area (Å²) in [4.78, 5) is 41.6. The molecule has 62 heavy (non-hydrogen) atoms. The molecule has 5 atom stereocenters. The van der Waals surface area contributed by atoms with Crippen LogP contribution >= 0.6 is 12.2 Å². The van der Waals surface area contributed by atoms with Crippen molar-refractivity contribution in [1.29, 1.82) is 0 Å². The standard InChI is InChI=1S/C43H42F3N13O2S/c1-21-48-31-14-23(45)12-26-30-6-5-7-36(50-30)49-24-15-35(42(60)54(2)18-25(61-4)19-56(21)38(26)31)57(17-24)39-27-16-47-59(33-9-8-22(44)13-29(33)46)40(27)52-43(51-39)58-32-10-11-34(58)37-28(32)20-55(3)53-41(37)62/h5-9,12-14,16,24-25,32,34-35H,10-11,15,17-20H2,1-4H3,(H,49,50)(H,53,62)/t24?,25-,32+,34-,35-/m0/s1. The second-order valence-corrected chi connectivity index (χ2v) is 17.2. The lowest BCUT2D eigenvalue weighted by Gasteiger charge is -2.32. The Hall–Kier alpha value is -6.18. The molecule has 2 fully saturated rings. The number of imidazole rings is 1. The first-order valence-corrected chi connectivity index (χ1v) is 21.0. The fourth-order valence-electron chi connectivity index (χ4n) is 10.3. The van der Waals surface area contributed by atoms with Crippen molar-refractivity contribution in [3.63, 3.8) is 0 Å². The van der Waals surface area contributed by atoms with Crippen molar-refractivity contribution in [2.45, 2.75) is 63.0 Å². The van der Waals surface area contributed by atoms with Crippen LogP contribution < -0.4 is 20.5 Å². The van der Waals surface area contributed by atoms with Crippen LogP contribution in [0.4, 0.5) is 30.8 Å². The fourth-order valence-corrected chi connectivity index (χ4v) is 10.7. The predicted octanol–water partition coefficient (Wildman–Crippen LogP) is 4.92. The van der Waals surface area contributed by atoms with Crippen molar-refractivity contribution in [2.24, 2.45) is 0 Å².